The monoisotopic (exact) mass is 213 g/mol. The molecule has 1 aliphatic rings. The third-order valence-electron chi connectivity index (χ3n) is 3.00. The maximum absolute atomic E-state index is 3.72. The molecule has 15 heavy (non-hydrogen) atoms. The Hall–Kier alpha value is -0.120. The molecule has 0 bridgehead atoms. The van der Waals surface area contributed by atoms with Crippen molar-refractivity contribution in [2.75, 3.05) is 40.3 Å². The predicted octanol–water partition coefficient (Wildman–Crippen LogP) is 1.01. The zero-order valence-corrected chi connectivity index (χ0v) is 10.8. The van der Waals surface area contributed by atoms with E-state index in [1.165, 1.54) is 32.5 Å². The fraction of sp³-hybridized carbons (Fsp3) is 1.00. The highest BCUT2D eigenvalue weighted by Crippen LogP contribution is 2.06. The highest BCUT2D eigenvalue weighted by atomic mass is 15.2. The van der Waals surface area contributed by atoms with Crippen LogP contribution >= 0.6 is 0 Å². The molecule has 1 N–H and O–H groups in total. The first-order valence-corrected chi connectivity index (χ1v) is 6.25. The fourth-order valence-electron chi connectivity index (χ4n) is 2.39. The van der Waals surface area contributed by atoms with Crippen LogP contribution in [0.25, 0.3) is 0 Å². The van der Waals surface area contributed by atoms with Gasteiger partial charge in [-0.1, -0.05) is 6.92 Å². The van der Waals surface area contributed by atoms with Gasteiger partial charge in [0.05, 0.1) is 0 Å². The Morgan fingerprint density at radius 2 is 2.13 bits per heavy atom. The molecule has 0 radical (unpaired) electrons. The largest absolute Gasteiger partial charge is 0.309 e. The summed E-state index contributed by atoms with van der Waals surface area (Å²) in [6.07, 6.45) is 2.55. The van der Waals surface area contributed by atoms with Crippen molar-refractivity contribution in [3.8, 4) is 0 Å². The molecule has 0 amide bonds. The standard InChI is InChI=1S/C12H27N3/c1-5-7-15-8-6-11(2)13-12(10-15)9-14(3)4/h11-13H,5-10H2,1-4H3. The van der Waals surface area contributed by atoms with E-state index in [1.807, 2.05) is 0 Å². The summed E-state index contributed by atoms with van der Waals surface area (Å²) in [5, 5.41) is 3.72. The van der Waals surface area contributed by atoms with E-state index in [2.05, 4.69) is 43.1 Å². The molecule has 0 saturated carbocycles. The quantitative estimate of drug-likeness (QED) is 0.752. The number of rotatable bonds is 4. The van der Waals surface area contributed by atoms with Crippen molar-refractivity contribution < 1.29 is 0 Å². The molecule has 3 heteroatoms. The van der Waals surface area contributed by atoms with Gasteiger partial charge in [-0.15, -0.1) is 0 Å². The lowest BCUT2D eigenvalue weighted by atomic mass is 10.2. The first-order valence-electron chi connectivity index (χ1n) is 6.25. The lowest BCUT2D eigenvalue weighted by molar-refractivity contribution is 0.243. The second kappa shape index (κ2) is 6.46. The predicted molar refractivity (Wildman–Crippen MR) is 66.3 cm³/mol. The smallest absolute Gasteiger partial charge is 0.0324 e. The third-order valence-corrected chi connectivity index (χ3v) is 3.00. The van der Waals surface area contributed by atoms with Gasteiger partial charge in [-0.3, -0.25) is 0 Å². The minimum atomic E-state index is 0.629. The molecule has 1 heterocycles. The summed E-state index contributed by atoms with van der Waals surface area (Å²) in [4.78, 5) is 4.88. The van der Waals surface area contributed by atoms with Crippen molar-refractivity contribution in [2.24, 2.45) is 0 Å². The molecule has 1 rings (SSSR count). The fourth-order valence-corrected chi connectivity index (χ4v) is 2.39. The van der Waals surface area contributed by atoms with E-state index < -0.39 is 0 Å². The molecule has 3 nitrogen and oxygen atoms in total. The summed E-state index contributed by atoms with van der Waals surface area (Å²) in [7, 11) is 4.31. The highest BCUT2D eigenvalue weighted by Gasteiger charge is 2.20. The summed E-state index contributed by atoms with van der Waals surface area (Å²) in [6.45, 7) is 9.42. The van der Waals surface area contributed by atoms with Crippen LogP contribution in [0.4, 0.5) is 0 Å². The molecule has 1 fully saturated rings. The molecule has 0 aromatic heterocycles. The average molecular weight is 213 g/mol. The molecule has 2 atom stereocenters. The first kappa shape index (κ1) is 12.9. The van der Waals surface area contributed by atoms with Crippen LogP contribution in [0.5, 0.6) is 0 Å². The van der Waals surface area contributed by atoms with E-state index in [1.54, 1.807) is 0 Å². The van der Waals surface area contributed by atoms with Crippen LogP contribution in [0.15, 0.2) is 0 Å². The van der Waals surface area contributed by atoms with Crippen LogP contribution in [-0.4, -0.2) is 62.2 Å². The van der Waals surface area contributed by atoms with Gasteiger partial charge >= 0.3 is 0 Å². The summed E-state index contributed by atoms with van der Waals surface area (Å²) >= 11 is 0. The minimum Gasteiger partial charge on any atom is -0.309 e. The van der Waals surface area contributed by atoms with Crippen molar-refractivity contribution in [3.05, 3.63) is 0 Å². The number of nitrogens with one attached hydrogen (secondary N) is 1. The second-order valence-electron chi connectivity index (χ2n) is 5.12. The van der Waals surface area contributed by atoms with Crippen LogP contribution in [-0.2, 0) is 0 Å². The molecule has 0 aromatic carbocycles. The van der Waals surface area contributed by atoms with Crippen molar-refractivity contribution in [3.63, 3.8) is 0 Å². The van der Waals surface area contributed by atoms with E-state index in [4.69, 9.17) is 0 Å². The van der Waals surface area contributed by atoms with Crippen molar-refractivity contribution in [1.82, 2.24) is 15.1 Å². The number of nitrogens with zero attached hydrogens (tertiary/aromatic N) is 2. The Kier molecular flexibility index (Phi) is 5.58. The van der Waals surface area contributed by atoms with Crippen LogP contribution in [0.2, 0.25) is 0 Å². The van der Waals surface area contributed by atoms with Gasteiger partial charge in [0.1, 0.15) is 0 Å². The van der Waals surface area contributed by atoms with Gasteiger partial charge in [-0.2, -0.15) is 0 Å². The van der Waals surface area contributed by atoms with Crippen molar-refractivity contribution in [2.45, 2.75) is 38.8 Å². The van der Waals surface area contributed by atoms with Crippen molar-refractivity contribution >= 4 is 0 Å². The summed E-state index contributed by atoms with van der Waals surface area (Å²) in [5.74, 6) is 0. The third kappa shape index (κ3) is 4.96. The zero-order chi connectivity index (χ0) is 11.3. The summed E-state index contributed by atoms with van der Waals surface area (Å²) in [5.41, 5.74) is 0. The van der Waals surface area contributed by atoms with Gasteiger partial charge in [0.15, 0.2) is 0 Å². The summed E-state index contributed by atoms with van der Waals surface area (Å²) < 4.78 is 0. The molecule has 1 aliphatic heterocycles. The number of hydrogen-bond donors (Lipinski definition) is 1. The maximum atomic E-state index is 3.72. The lowest BCUT2D eigenvalue weighted by Gasteiger charge is -2.26. The summed E-state index contributed by atoms with van der Waals surface area (Å²) in [6, 6.07) is 1.29. The molecular formula is C12H27N3. The van der Waals surface area contributed by atoms with E-state index in [0.717, 1.165) is 6.54 Å². The van der Waals surface area contributed by atoms with Crippen LogP contribution in [0.3, 0.4) is 0 Å². The Balaban J connectivity index is 2.45. The van der Waals surface area contributed by atoms with Crippen LogP contribution in [0, 0.1) is 0 Å². The van der Waals surface area contributed by atoms with Crippen LogP contribution < -0.4 is 5.32 Å². The second-order valence-corrected chi connectivity index (χ2v) is 5.12. The van der Waals surface area contributed by atoms with Gasteiger partial charge < -0.3 is 15.1 Å². The van der Waals surface area contributed by atoms with E-state index >= 15 is 0 Å². The SMILES string of the molecule is CCCN1CCC(C)NC(CN(C)C)C1. The Morgan fingerprint density at radius 3 is 2.73 bits per heavy atom. The number of likely N-dealkylation sites (N-methyl/N-ethyl adjacent to an activating group) is 1. The molecule has 2 unspecified atom stereocenters. The van der Waals surface area contributed by atoms with E-state index in [0.29, 0.717) is 12.1 Å². The van der Waals surface area contributed by atoms with Gasteiger partial charge in [-0.25, -0.2) is 0 Å². The zero-order valence-electron chi connectivity index (χ0n) is 10.8. The lowest BCUT2D eigenvalue weighted by Crippen LogP contribution is -2.46. The Morgan fingerprint density at radius 1 is 1.40 bits per heavy atom. The van der Waals surface area contributed by atoms with Crippen LogP contribution in [0.1, 0.15) is 26.7 Å². The molecule has 90 valence electrons. The Bertz CT molecular complexity index is 170. The molecule has 1 saturated heterocycles. The van der Waals surface area contributed by atoms with Gasteiger partial charge in [-0.05, 0) is 47.0 Å². The molecule has 0 spiro atoms. The number of hydrogen-bond acceptors (Lipinski definition) is 3. The van der Waals surface area contributed by atoms with Gasteiger partial charge in [0.25, 0.3) is 0 Å². The van der Waals surface area contributed by atoms with Crippen molar-refractivity contribution in [1.29, 1.82) is 0 Å². The molecule has 0 aliphatic carbocycles. The van der Waals surface area contributed by atoms with Gasteiger partial charge in [0.2, 0.25) is 0 Å². The molecule has 0 aromatic rings. The highest BCUT2D eigenvalue weighted by molar-refractivity contribution is 4.81. The Labute approximate surface area is 94.8 Å². The normalized spacial score (nSPS) is 29.4. The molecular weight excluding hydrogens is 186 g/mol. The van der Waals surface area contributed by atoms with E-state index in [9.17, 15) is 0 Å². The average Bonchev–Trinajstić information content (AvgIpc) is 2.28. The first-order chi connectivity index (χ1) is 7.11. The maximum Gasteiger partial charge on any atom is 0.0324 e. The van der Waals surface area contributed by atoms with Gasteiger partial charge in [0, 0.05) is 25.2 Å². The minimum absolute atomic E-state index is 0.629. The van der Waals surface area contributed by atoms with E-state index in [-0.39, 0.29) is 0 Å². The topological polar surface area (TPSA) is 18.5 Å².